The number of hydrogen-bond acceptors (Lipinski definition) is 3. The first-order chi connectivity index (χ1) is 3.93. The van der Waals surface area contributed by atoms with Gasteiger partial charge in [0.05, 0.1) is 11.6 Å². The van der Waals surface area contributed by atoms with Crippen LogP contribution in [0.1, 0.15) is 0 Å². The summed E-state index contributed by atoms with van der Waals surface area (Å²) in [5.41, 5.74) is 5.32. The molecule has 1 heterocycles. The highest BCUT2D eigenvalue weighted by Gasteiger charge is 1.95. The van der Waals surface area contributed by atoms with Gasteiger partial charge in [0.25, 0.3) is 0 Å². The molecule has 2 N–H and O–H groups in total. The fraction of sp³-hybridized carbons (Fsp3) is 0.400. The van der Waals surface area contributed by atoms with E-state index in [1.807, 2.05) is 11.5 Å². The van der Waals surface area contributed by atoms with Crippen LogP contribution in [0.15, 0.2) is 16.5 Å². The van der Waals surface area contributed by atoms with Gasteiger partial charge in [-0.1, -0.05) is 17.8 Å². The molecule has 0 radical (unpaired) electrons. The molecular formula is C5H8N2S. The fourth-order valence-corrected chi connectivity index (χ4v) is 1.06. The van der Waals surface area contributed by atoms with Crippen LogP contribution in [0.3, 0.4) is 0 Å². The zero-order valence-corrected chi connectivity index (χ0v) is 5.32. The predicted octanol–water partition coefficient (Wildman–Crippen LogP) is 0.604. The SMILES string of the molecule is NCC1=NCC=CS1. The van der Waals surface area contributed by atoms with Gasteiger partial charge in [0.1, 0.15) is 0 Å². The van der Waals surface area contributed by atoms with Crippen LogP contribution < -0.4 is 5.73 Å². The number of thioether (sulfide) groups is 1. The zero-order chi connectivity index (χ0) is 5.82. The van der Waals surface area contributed by atoms with Crippen LogP contribution >= 0.6 is 11.8 Å². The second-order valence-electron chi connectivity index (χ2n) is 1.43. The first kappa shape index (κ1) is 5.85. The van der Waals surface area contributed by atoms with Gasteiger partial charge in [-0.25, -0.2) is 0 Å². The lowest BCUT2D eigenvalue weighted by atomic mass is 10.6. The summed E-state index contributed by atoms with van der Waals surface area (Å²) in [6.45, 7) is 1.38. The predicted molar refractivity (Wildman–Crippen MR) is 38.1 cm³/mol. The van der Waals surface area contributed by atoms with E-state index in [4.69, 9.17) is 5.73 Å². The molecule has 0 unspecified atom stereocenters. The molecule has 0 amide bonds. The van der Waals surface area contributed by atoms with Crippen LogP contribution in [-0.4, -0.2) is 18.1 Å². The maximum absolute atomic E-state index is 5.32. The average Bonchev–Trinajstić information content (AvgIpc) is 1.90. The molecule has 0 saturated carbocycles. The molecule has 0 fully saturated rings. The van der Waals surface area contributed by atoms with E-state index in [9.17, 15) is 0 Å². The zero-order valence-electron chi connectivity index (χ0n) is 4.50. The standard InChI is InChI=1S/C5H8N2S/c6-4-5-7-2-1-3-8-5/h1,3H,2,4,6H2. The summed E-state index contributed by atoms with van der Waals surface area (Å²) in [5, 5.41) is 3.06. The van der Waals surface area contributed by atoms with Crippen LogP contribution in [0, 0.1) is 0 Å². The maximum atomic E-state index is 5.32. The summed E-state index contributed by atoms with van der Waals surface area (Å²) < 4.78 is 0. The molecule has 0 saturated heterocycles. The van der Waals surface area contributed by atoms with Crippen molar-refractivity contribution in [1.29, 1.82) is 0 Å². The van der Waals surface area contributed by atoms with E-state index >= 15 is 0 Å². The lowest BCUT2D eigenvalue weighted by molar-refractivity contribution is 1.21. The second kappa shape index (κ2) is 2.89. The molecule has 0 spiro atoms. The molecule has 2 nitrogen and oxygen atoms in total. The monoisotopic (exact) mass is 128 g/mol. The van der Waals surface area contributed by atoms with Crippen molar-refractivity contribution in [3.05, 3.63) is 11.5 Å². The third kappa shape index (κ3) is 1.35. The van der Waals surface area contributed by atoms with Crippen molar-refractivity contribution < 1.29 is 0 Å². The van der Waals surface area contributed by atoms with Gasteiger partial charge in [-0.05, 0) is 5.41 Å². The van der Waals surface area contributed by atoms with Crippen molar-refractivity contribution >= 4 is 16.8 Å². The molecular weight excluding hydrogens is 120 g/mol. The quantitative estimate of drug-likeness (QED) is 0.561. The lowest BCUT2D eigenvalue weighted by Crippen LogP contribution is -2.10. The molecule has 8 heavy (non-hydrogen) atoms. The van der Waals surface area contributed by atoms with Gasteiger partial charge in [-0.15, -0.1) is 0 Å². The van der Waals surface area contributed by atoms with E-state index in [-0.39, 0.29) is 0 Å². The first-order valence-corrected chi connectivity index (χ1v) is 3.36. The van der Waals surface area contributed by atoms with E-state index in [2.05, 4.69) is 4.99 Å². The molecule has 1 rings (SSSR count). The van der Waals surface area contributed by atoms with E-state index in [1.165, 1.54) is 0 Å². The van der Waals surface area contributed by atoms with Crippen LogP contribution in [-0.2, 0) is 0 Å². The molecule has 0 aliphatic carbocycles. The summed E-state index contributed by atoms with van der Waals surface area (Å²) in [5.74, 6) is 0. The topological polar surface area (TPSA) is 38.4 Å². The van der Waals surface area contributed by atoms with E-state index < -0.39 is 0 Å². The second-order valence-corrected chi connectivity index (χ2v) is 2.41. The Balaban J connectivity index is 2.43. The molecule has 0 aromatic rings. The summed E-state index contributed by atoms with van der Waals surface area (Å²) in [4.78, 5) is 4.12. The van der Waals surface area contributed by atoms with Crippen molar-refractivity contribution in [2.24, 2.45) is 10.7 Å². The summed E-state index contributed by atoms with van der Waals surface area (Å²) >= 11 is 1.61. The first-order valence-electron chi connectivity index (χ1n) is 2.48. The van der Waals surface area contributed by atoms with Gasteiger partial charge < -0.3 is 5.73 Å². The van der Waals surface area contributed by atoms with Gasteiger partial charge in [0.2, 0.25) is 0 Å². The third-order valence-corrected chi connectivity index (χ3v) is 1.74. The Morgan fingerprint density at radius 2 is 2.75 bits per heavy atom. The van der Waals surface area contributed by atoms with Crippen molar-refractivity contribution in [3.63, 3.8) is 0 Å². The molecule has 1 aliphatic rings. The smallest absolute Gasteiger partial charge is 0.0857 e. The van der Waals surface area contributed by atoms with Crippen LogP contribution in [0.25, 0.3) is 0 Å². The van der Waals surface area contributed by atoms with Gasteiger partial charge in [0.15, 0.2) is 0 Å². The normalized spacial score (nSPS) is 18.4. The van der Waals surface area contributed by atoms with Crippen LogP contribution in [0.4, 0.5) is 0 Å². The largest absolute Gasteiger partial charge is 0.325 e. The Hall–Kier alpha value is -0.280. The molecule has 3 heteroatoms. The highest BCUT2D eigenvalue weighted by atomic mass is 32.2. The summed E-state index contributed by atoms with van der Waals surface area (Å²) in [6.07, 6.45) is 2.02. The molecule has 0 aromatic carbocycles. The minimum absolute atomic E-state index is 0.578. The highest BCUT2D eigenvalue weighted by molar-refractivity contribution is 8.16. The van der Waals surface area contributed by atoms with Crippen molar-refractivity contribution in [2.75, 3.05) is 13.1 Å². The Morgan fingerprint density at radius 1 is 1.88 bits per heavy atom. The number of rotatable bonds is 1. The van der Waals surface area contributed by atoms with E-state index in [1.54, 1.807) is 11.8 Å². The van der Waals surface area contributed by atoms with E-state index in [0.29, 0.717) is 6.54 Å². The number of hydrogen-bond donors (Lipinski definition) is 1. The van der Waals surface area contributed by atoms with E-state index in [0.717, 1.165) is 11.6 Å². The highest BCUT2D eigenvalue weighted by Crippen LogP contribution is 2.08. The number of nitrogens with two attached hydrogens (primary N) is 1. The molecule has 0 aromatic heterocycles. The molecule has 44 valence electrons. The van der Waals surface area contributed by atoms with Crippen molar-refractivity contribution in [3.8, 4) is 0 Å². The van der Waals surface area contributed by atoms with Gasteiger partial charge in [0, 0.05) is 6.54 Å². The lowest BCUT2D eigenvalue weighted by Gasteiger charge is -2.00. The van der Waals surface area contributed by atoms with Crippen molar-refractivity contribution in [1.82, 2.24) is 0 Å². The van der Waals surface area contributed by atoms with Gasteiger partial charge in [-0.3, -0.25) is 4.99 Å². The average molecular weight is 128 g/mol. The van der Waals surface area contributed by atoms with Crippen molar-refractivity contribution in [2.45, 2.75) is 0 Å². The molecule has 0 bridgehead atoms. The molecule has 0 atom stereocenters. The maximum Gasteiger partial charge on any atom is 0.0857 e. The third-order valence-electron chi connectivity index (χ3n) is 0.848. The van der Waals surface area contributed by atoms with Gasteiger partial charge >= 0.3 is 0 Å². The Morgan fingerprint density at radius 3 is 3.12 bits per heavy atom. The Labute approximate surface area is 52.9 Å². The summed E-state index contributed by atoms with van der Waals surface area (Å²) in [7, 11) is 0. The van der Waals surface area contributed by atoms with Gasteiger partial charge in [-0.2, -0.15) is 0 Å². The minimum atomic E-state index is 0.578. The fourth-order valence-electron chi connectivity index (χ4n) is 0.474. The van der Waals surface area contributed by atoms with Crippen LogP contribution in [0.2, 0.25) is 0 Å². The van der Waals surface area contributed by atoms with Crippen LogP contribution in [0.5, 0.6) is 0 Å². The summed E-state index contributed by atoms with van der Waals surface area (Å²) in [6, 6.07) is 0. The minimum Gasteiger partial charge on any atom is -0.325 e. The number of nitrogens with zero attached hydrogens (tertiary/aromatic N) is 1. The molecule has 1 aliphatic heterocycles. The number of aliphatic imine (C=N–C) groups is 1. The Bertz CT molecular complexity index is 128. The Kier molecular flexibility index (Phi) is 2.11.